The minimum absolute atomic E-state index is 0.0310. The second-order valence-corrected chi connectivity index (χ2v) is 8.84. The third kappa shape index (κ3) is 4.46. The van der Waals surface area contributed by atoms with Gasteiger partial charge in [0.2, 0.25) is 5.95 Å². The summed E-state index contributed by atoms with van der Waals surface area (Å²) in [7, 11) is 0. The van der Waals surface area contributed by atoms with Crippen LogP contribution in [0.2, 0.25) is 0 Å². The number of nitrogens with zero attached hydrogens (tertiary/aromatic N) is 3. The van der Waals surface area contributed by atoms with E-state index in [1.54, 1.807) is 18.5 Å². The third-order valence-electron chi connectivity index (χ3n) is 6.40. The van der Waals surface area contributed by atoms with Crippen LogP contribution in [0.3, 0.4) is 0 Å². The molecule has 1 unspecified atom stereocenters. The minimum atomic E-state index is -0.676. The predicted molar refractivity (Wildman–Crippen MR) is 140 cm³/mol. The van der Waals surface area contributed by atoms with Crippen molar-refractivity contribution in [2.45, 2.75) is 13.0 Å². The summed E-state index contributed by atoms with van der Waals surface area (Å²) in [5.41, 5.74) is 2.60. The van der Waals surface area contributed by atoms with E-state index in [2.05, 4.69) is 25.6 Å². The van der Waals surface area contributed by atoms with Crippen molar-refractivity contribution in [2.24, 2.45) is 0 Å². The summed E-state index contributed by atoms with van der Waals surface area (Å²) in [6.07, 6.45) is 4.85. The fourth-order valence-corrected chi connectivity index (χ4v) is 4.67. The van der Waals surface area contributed by atoms with Crippen LogP contribution in [0, 0.1) is 0 Å². The van der Waals surface area contributed by atoms with E-state index in [4.69, 9.17) is 9.15 Å². The van der Waals surface area contributed by atoms with E-state index in [9.17, 15) is 9.59 Å². The Morgan fingerprint density at radius 2 is 2.00 bits per heavy atom. The normalized spacial score (nSPS) is 15.6. The lowest BCUT2D eigenvalue weighted by molar-refractivity contribution is 0.0277. The second-order valence-electron chi connectivity index (χ2n) is 8.84. The molecule has 0 bridgehead atoms. The molecule has 1 aliphatic heterocycles. The van der Waals surface area contributed by atoms with Crippen LogP contribution in [0.5, 0.6) is 0 Å². The highest BCUT2D eigenvalue weighted by Crippen LogP contribution is 2.32. The number of benzene rings is 2. The number of ketones is 1. The molecule has 2 aromatic carbocycles. The molecule has 0 amide bonds. The highest BCUT2D eigenvalue weighted by Gasteiger charge is 2.27. The number of pyridine rings is 1. The smallest absolute Gasteiger partial charge is 0.347 e. The molecule has 0 saturated carbocycles. The van der Waals surface area contributed by atoms with Crippen LogP contribution in [0.25, 0.3) is 33.0 Å². The fourth-order valence-electron chi connectivity index (χ4n) is 4.67. The lowest BCUT2D eigenvalue weighted by Crippen LogP contribution is -2.35. The summed E-state index contributed by atoms with van der Waals surface area (Å²) in [4.78, 5) is 38.3. The van der Waals surface area contributed by atoms with Crippen molar-refractivity contribution in [1.82, 2.24) is 20.3 Å². The van der Waals surface area contributed by atoms with E-state index in [0.29, 0.717) is 47.9 Å². The summed E-state index contributed by atoms with van der Waals surface area (Å²) >= 11 is 0. The van der Waals surface area contributed by atoms with Crippen molar-refractivity contribution in [3.05, 3.63) is 88.7 Å². The van der Waals surface area contributed by atoms with Gasteiger partial charge in [0, 0.05) is 65.3 Å². The number of rotatable bonds is 5. The zero-order valence-corrected chi connectivity index (χ0v) is 20.0. The van der Waals surface area contributed by atoms with E-state index in [1.807, 2.05) is 48.7 Å². The van der Waals surface area contributed by atoms with Crippen molar-refractivity contribution in [3.63, 3.8) is 0 Å². The van der Waals surface area contributed by atoms with Crippen molar-refractivity contribution < 1.29 is 13.9 Å². The molecular weight excluding hydrogens is 470 g/mol. The predicted octanol–water partition coefficient (Wildman–Crippen LogP) is 4.41. The minimum Gasteiger partial charge on any atom is -0.422 e. The standard InChI is InChI=1S/C28H23N5O4/c1-16(34)25-26(24-15-30-10-11-36-24)21-5-4-20(13-23(21)37-27(25)35)32-28-31-9-7-22(33-28)18-3-2-17-6-8-29-14-19(17)12-18/h2-9,12-14,24,30H,10-11,15H2,1H3,(H,31,32,33). The molecule has 5 aromatic rings. The van der Waals surface area contributed by atoms with Crippen molar-refractivity contribution in [2.75, 3.05) is 25.0 Å². The lowest BCUT2D eigenvalue weighted by atomic mass is 9.96. The number of anilines is 2. The molecule has 0 radical (unpaired) electrons. The molecule has 1 atom stereocenters. The van der Waals surface area contributed by atoms with Gasteiger partial charge < -0.3 is 19.8 Å². The first-order valence-corrected chi connectivity index (χ1v) is 11.9. The Labute approximate surface area is 211 Å². The van der Waals surface area contributed by atoms with Crippen LogP contribution in [0.4, 0.5) is 11.6 Å². The molecule has 6 rings (SSSR count). The Morgan fingerprint density at radius 1 is 1.08 bits per heavy atom. The summed E-state index contributed by atoms with van der Waals surface area (Å²) in [5, 5.41) is 9.23. The molecule has 2 N–H and O–H groups in total. The highest BCUT2D eigenvalue weighted by atomic mass is 16.5. The van der Waals surface area contributed by atoms with Crippen LogP contribution in [0.1, 0.15) is 28.9 Å². The Bertz CT molecular complexity index is 1710. The van der Waals surface area contributed by atoms with Gasteiger partial charge in [-0.1, -0.05) is 12.1 Å². The first-order valence-electron chi connectivity index (χ1n) is 11.9. The zero-order valence-electron chi connectivity index (χ0n) is 20.0. The molecule has 4 heterocycles. The Morgan fingerprint density at radius 3 is 2.84 bits per heavy atom. The maximum atomic E-state index is 12.8. The molecule has 1 aliphatic rings. The average Bonchev–Trinajstić information content (AvgIpc) is 2.92. The summed E-state index contributed by atoms with van der Waals surface area (Å²) in [5.74, 6) is 0.0441. The second kappa shape index (κ2) is 9.53. The molecule has 9 heteroatoms. The molecule has 0 spiro atoms. The number of hydrogen-bond acceptors (Lipinski definition) is 9. The first kappa shape index (κ1) is 23.0. The van der Waals surface area contributed by atoms with Crippen LogP contribution in [0.15, 0.2) is 76.3 Å². The molecule has 1 saturated heterocycles. The van der Waals surface area contributed by atoms with Gasteiger partial charge in [-0.15, -0.1) is 0 Å². The molecular formula is C28H23N5O4. The fraction of sp³-hybridized carbons (Fsp3) is 0.179. The van der Waals surface area contributed by atoms with Gasteiger partial charge in [0.1, 0.15) is 11.1 Å². The van der Waals surface area contributed by atoms with Crippen molar-refractivity contribution >= 4 is 39.2 Å². The van der Waals surface area contributed by atoms with Crippen LogP contribution in [-0.4, -0.2) is 40.4 Å². The number of ether oxygens (including phenoxy) is 1. The number of carbonyl (C=O) groups is 1. The molecule has 9 nitrogen and oxygen atoms in total. The number of fused-ring (bicyclic) bond motifs is 2. The Hall–Kier alpha value is -4.47. The topological polar surface area (TPSA) is 119 Å². The lowest BCUT2D eigenvalue weighted by Gasteiger charge is -2.26. The quantitative estimate of drug-likeness (QED) is 0.271. The van der Waals surface area contributed by atoms with Crippen LogP contribution in [-0.2, 0) is 4.74 Å². The number of morpholine rings is 1. The van der Waals surface area contributed by atoms with Gasteiger partial charge in [0.15, 0.2) is 5.78 Å². The molecule has 0 aliphatic carbocycles. The van der Waals surface area contributed by atoms with Gasteiger partial charge >= 0.3 is 5.63 Å². The van der Waals surface area contributed by atoms with Gasteiger partial charge in [-0.2, -0.15) is 0 Å². The SMILES string of the molecule is CC(=O)c1c(C2CNCCO2)c2ccc(Nc3nccc(-c4ccc5ccncc5c4)n3)cc2oc1=O. The van der Waals surface area contributed by atoms with E-state index >= 15 is 0 Å². The summed E-state index contributed by atoms with van der Waals surface area (Å²) in [6.45, 7) is 3.08. The van der Waals surface area contributed by atoms with Gasteiger partial charge in [-0.25, -0.2) is 14.8 Å². The third-order valence-corrected chi connectivity index (χ3v) is 6.40. The maximum absolute atomic E-state index is 12.8. The summed E-state index contributed by atoms with van der Waals surface area (Å²) in [6, 6.07) is 15.3. The number of nitrogens with one attached hydrogen (secondary N) is 2. The van der Waals surface area contributed by atoms with E-state index in [1.165, 1.54) is 6.92 Å². The Balaban J connectivity index is 1.36. The largest absolute Gasteiger partial charge is 0.422 e. The van der Waals surface area contributed by atoms with Gasteiger partial charge in [-0.3, -0.25) is 9.78 Å². The summed E-state index contributed by atoms with van der Waals surface area (Å²) < 4.78 is 11.4. The monoisotopic (exact) mass is 493 g/mol. The van der Waals surface area contributed by atoms with Crippen molar-refractivity contribution in [1.29, 1.82) is 0 Å². The van der Waals surface area contributed by atoms with Crippen molar-refractivity contribution in [3.8, 4) is 11.3 Å². The first-order chi connectivity index (χ1) is 18.1. The van der Waals surface area contributed by atoms with Crippen LogP contribution < -0.4 is 16.3 Å². The highest BCUT2D eigenvalue weighted by molar-refractivity contribution is 6.00. The van der Waals surface area contributed by atoms with Gasteiger partial charge in [0.25, 0.3) is 0 Å². The molecule has 184 valence electrons. The van der Waals surface area contributed by atoms with E-state index in [-0.39, 0.29) is 11.3 Å². The van der Waals surface area contributed by atoms with Gasteiger partial charge in [0.05, 0.1) is 18.4 Å². The maximum Gasteiger partial charge on any atom is 0.347 e. The number of aromatic nitrogens is 3. The van der Waals surface area contributed by atoms with E-state index in [0.717, 1.165) is 22.0 Å². The number of Topliss-reactive ketones (excluding diaryl/α,β-unsaturated/α-hetero) is 1. The molecule has 37 heavy (non-hydrogen) atoms. The molecule has 3 aromatic heterocycles. The number of carbonyl (C=O) groups excluding carboxylic acids is 1. The van der Waals surface area contributed by atoms with E-state index < -0.39 is 11.7 Å². The van der Waals surface area contributed by atoms with Crippen LogP contribution >= 0.6 is 0 Å². The number of hydrogen-bond donors (Lipinski definition) is 2. The molecule has 1 fully saturated rings. The van der Waals surface area contributed by atoms with Gasteiger partial charge in [-0.05, 0) is 42.6 Å². The zero-order chi connectivity index (χ0) is 25.4. The Kier molecular flexibility index (Phi) is 5.91. The average molecular weight is 494 g/mol.